The van der Waals surface area contributed by atoms with Crippen LogP contribution in [0.5, 0.6) is 0 Å². The molecule has 0 aromatic heterocycles. The monoisotopic (exact) mass is 277 g/mol. The summed E-state index contributed by atoms with van der Waals surface area (Å²) in [7, 11) is 0. The molecule has 1 aromatic carbocycles. The first kappa shape index (κ1) is 15.0. The van der Waals surface area contributed by atoms with Crippen LogP contribution in [-0.4, -0.2) is 43.2 Å². The lowest BCUT2D eigenvalue weighted by Gasteiger charge is -2.32. The minimum Gasteiger partial charge on any atom is -0.379 e. The number of nitrogens with zero attached hydrogens (tertiary/aromatic N) is 1. The van der Waals surface area contributed by atoms with Crippen molar-refractivity contribution < 1.29 is 9.53 Å². The number of rotatable bonds is 4. The van der Waals surface area contributed by atoms with Crippen molar-refractivity contribution in [2.75, 3.05) is 31.6 Å². The Labute approximate surface area is 120 Å². The van der Waals surface area contributed by atoms with Gasteiger partial charge in [0.05, 0.1) is 19.3 Å². The van der Waals surface area contributed by atoms with E-state index in [1.54, 1.807) is 6.92 Å². The zero-order chi connectivity index (χ0) is 14.5. The quantitative estimate of drug-likeness (QED) is 0.872. The first-order valence-corrected chi connectivity index (χ1v) is 7.06. The molecule has 5 nitrogen and oxygen atoms in total. The topological polar surface area (TPSA) is 67.6 Å². The van der Waals surface area contributed by atoms with Crippen LogP contribution in [0.15, 0.2) is 24.3 Å². The van der Waals surface area contributed by atoms with E-state index in [0.29, 0.717) is 6.04 Å². The van der Waals surface area contributed by atoms with E-state index in [1.807, 2.05) is 12.1 Å². The molecule has 2 rings (SSSR count). The first-order chi connectivity index (χ1) is 9.58. The second-order valence-electron chi connectivity index (χ2n) is 5.22. The van der Waals surface area contributed by atoms with Crippen LogP contribution in [0.4, 0.5) is 5.69 Å². The van der Waals surface area contributed by atoms with Crippen LogP contribution >= 0.6 is 0 Å². The van der Waals surface area contributed by atoms with Gasteiger partial charge in [0.25, 0.3) is 0 Å². The Kier molecular flexibility index (Phi) is 5.11. The number of carbonyl (C=O) groups excluding carboxylic acids is 1. The number of nitrogens with one attached hydrogen (secondary N) is 1. The highest BCUT2D eigenvalue weighted by Gasteiger charge is 2.18. The molecule has 1 aliphatic rings. The number of hydrogen-bond donors (Lipinski definition) is 2. The van der Waals surface area contributed by atoms with E-state index in [4.69, 9.17) is 10.5 Å². The zero-order valence-corrected chi connectivity index (χ0v) is 12.1. The lowest BCUT2D eigenvalue weighted by atomic mass is 10.1. The summed E-state index contributed by atoms with van der Waals surface area (Å²) in [4.78, 5) is 13.9. The fourth-order valence-electron chi connectivity index (χ4n) is 2.28. The average Bonchev–Trinajstić information content (AvgIpc) is 2.48. The maximum Gasteiger partial charge on any atom is 0.240 e. The van der Waals surface area contributed by atoms with Crippen molar-refractivity contribution in [1.29, 1.82) is 0 Å². The minimum absolute atomic E-state index is 0.168. The van der Waals surface area contributed by atoms with Gasteiger partial charge >= 0.3 is 0 Å². The number of ether oxygens (including phenoxy) is 1. The van der Waals surface area contributed by atoms with Crippen molar-refractivity contribution >= 4 is 11.6 Å². The lowest BCUT2D eigenvalue weighted by molar-refractivity contribution is -0.117. The Morgan fingerprint density at radius 2 is 1.85 bits per heavy atom. The van der Waals surface area contributed by atoms with E-state index >= 15 is 0 Å². The highest BCUT2D eigenvalue weighted by molar-refractivity contribution is 5.94. The number of nitrogens with two attached hydrogens (primary N) is 1. The fraction of sp³-hybridized carbons (Fsp3) is 0.533. The summed E-state index contributed by atoms with van der Waals surface area (Å²) < 4.78 is 5.37. The van der Waals surface area contributed by atoms with E-state index in [0.717, 1.165) is 32.0 Å². The molecule has 2 atom stereocenters. The van der Waals surface area contributed by atoms with Crippen molar-refractivity contribution in [2.45, 2.75) is 25.9 Å². The molecule has 0 spiro atoms. The third-order valence-corrected chi connectivity index (χ3v) is 3.67. The Morgan fingerprint density at radius 3 is 2.40 bits per heavy atom. The van der Waals surface area contributed by atoms with Gasteiger partial charge in [-0.3, -0.25) is 9.69 Å². The van der Waals surface area contributed by atoms with Crippen LogP contribution in [-0.2, 0) is 9.53 Å². The summed E-state index contributed by atoms with van der Waals surface area (Å²) in [6, 6.07) is 7.81. The zero-order valence-electron chi connectivity index (χ0n) is 12.1. The summed E-state index contributed by atoms with van der Waals surface area (Å²) in [5.74, 6) is -0.168. The predicted molar refractivity (Wildman–Crippen MR) is 79.5 cm³/mol. The molecule has 1 aromatic rings. The van der Waals surface area contributed by atoms with Crippen molar-refractivity contribution in [3.8, 4) is 0 Å². The average molecular weight is 277 g/mol. The van der Waals surface area contributed by atoms with Gasteiger partial charge in [-0.1, -0.05) is 12.1 Å². The van der Waals surface area contributed by atoms with Crippen LogP contribution in [0.25, 0.3) is 0 Å². The summed E-state index contributed by atoms with van der Waals surface area (Å²) in [5.41, 5.74) is 7.55. The lowest BCUT2D eigenvalue weighted by Crippen LogP contribution is -2.38. The van der Waals surface area contributed by atoms with Gasteiger partial charge in [0.1, 0.15) is 0 Å². The second-order valence-corrected chi connectivity index (χ2v) is 5.22. The van der Waals surface area contributed by atoms with E-state index < -0.39 is 6.04 Å². The largest absolute Gasteiger partial charge is 0.379 e. The number of anilines is 1. The molecule has 0 radical (unpaired) electrons. The molecule has 3 N–H and O–H groups in total. The SMILES string of the molecule is CC(N)C(=O)Nc1ccc(C(C)N2CCOCC2)cc1. The van der Waals surface area contributed by atoms with Crippen LogP contribution in [0.1, 0.15) is 25.5 Å². The molecular weight excluding hydrogens is 254 g/mol. The Hall–Kier alpha value is -1.43. The van der Waals surface area contributed by atoms with Crippen molar-refractivity contribution in [3.05, 3.63) is 29.8 Å². The van der Waals surface area contributed by atoms with Gasteiger partial charge in [0.2, 0.25) is 5.91 Å². The first-order valence-electron chi connectivity index (χ1n) is 7.06. The maximum atomic E-state index is 11.5. The van der Waals surface area contributed by atoms with E-state index in [2.05, 4.69) is 29.3 Å². The number of amides is 1. The van der Waals surface area contributed by atoms with E-state index in [-0.39, 0.29) is 5.91 Å². The van der Waals surface area contributed by atoms with Gasteiger partial charge in [0, 0.05) is 24.8 Å². The minimum atomic E-state index is -0.498. The smallest absolute Gasteiger partial charge is 0.240 e. The number of morpholine rings is 1. The Morgan fingerprint density at radius 1 is 1.25 bits per heavy atom. The molecule has 1 aliphatic heterocycles. The third kappa shape index (κ3) is 3.79. The molecule has 2 unspecified atom stereocenters. The third-order valence-electron chi connectivity index (χ3n) is 3.67. The molecule has 110 valence electrons. The van der Waals surface area contributed by atoms with Gasteiger partial charge in [-0.25, -0.2) is 0 Å². The van der Waals surface area contributed by atoms with Gasteiger partial charge in [-0.2, -0.15) is 0 Å². The number of carbonyl (C=O) groups is 1. The molecule has 20 heavy (non-hydrogen) atoms. The highest BCUT2D eigenvalue weighted by atomic mass is 16.5. The number of benzene rings is 1. The van der Waals surface area contributed by atoms with Gasteiger partial charge in [0.15, 0.2) is 0 Å². The molecule has 1 amide bonds. The molecule has 1 heterocycles. The van der Waals surface area contributed by atoms with Gasteiger partial charge < -0.3 is 15.8 Å². The molecule has 0 saturated carbocycles. The van der Waals surface area contributed by atoms with Gasteiger partial charge in [-0.05, 0) is 31.5 Å². The molecule has 5 heteroatoms. The predicted octanol–water partition coefficient (Wildman–Crippen LogP) is 1.37. The summed E-state index contributed by atoms with van der Waals surface area (Å²) in [5, 5.41) is 2.79. The van der Waals surface area contributed by atoms with Crippen molar-refractivity contribution in [3.63, 3.8) is 0 Å². The highest BCUT2D eigenvalue weighted by Crippen LogP contribution is 2.22. The van der Waals surface area contributed by atoms with Crippen molar-refractivity contribution in [2.24, 2.45) is 5.73 Å². The molecular formula is C15H23N3O2. The van der Waals surface area contributed by atoms with Gasteiger partial charge in [-0.15, -0.1) is 0 Å². The van der Waals surface area contributed by atoms with Crippen molar-refractivity contribution in [1.82, 2.24) is 4.90 Å². The summed E-state index contributed by atoms with van der Waals surface area (Å²) in [6.07, 6.45) is 0. The van der Waals surface area contributed by atoms with E-state index in [1.165, 1.54) is 5.56 Å². The Balaban J connectivity index is 1.98. The van der Waals surface area contributed by atoms with Crippen LogP contribution in [0, 0.1) is 0 Å². The summed E-state index contributed by atoms with van der Waals surface area (Å²) >= 11 is 0. The Bertz CT molecular complexity index is 439. The second kappa shape index (κ2) is 6.83. The normalized spacial score (nSPS) is 19.4. The van der Waals surface area contributed by atoms with Crippen LogP contribution < -0.4 is 11.1 Å². The standard InChI is InChI=1S/C15H23N3O2/c1-11(16)15(19)17-14-5-3-13(4-6-14)12(2)18-7-9-20-10-8-18/h3-6,11-12H,7-10,16H2,1-2H3,(H,17,19). The van der Waals surface area contributed by atoms with Crippen LogP contribution in [0.3, 0.4) is 0 Å². The van der Waals surface area contributed by atoms with Crippen LogP contribution in [0.2, 0.25) is 0 Å². The van der Waals surface area contributed by atoms with E-state index in [9.17, 15) is 4.79 Å². The summed E-state index contributed by atoms with van der Waals surface area (Å²) in [6.45, 7) is 7.39. The molecule has 0 aliphatic carbocycles. The molecule has 1 saturated heterocycles. The maximum absolute atomic E-state index is 11.5. The molecule has 1 fully saturated rings. The molecule has 0 bridgehead atoms. The fourth-order valence-corrected chi connectivity index (χ4v) is 2.28. The number of hydrogen-bond acceptors (Lipinski definition) is 4.